The van der Waals surface area contributed by atoms with Crippen LogP contribution in [0.15, 0.2) is 18.2 Å². The van der Waals surface area contributed by atoms with Crippen LogP contribution in [0.5, 0.6) is 5.75 Å². The van der Waals surface area contributed by atoms with Gasteiger partial charge in [0, 0.05) is 12.6 Å². The SMILES string of the molecule is COc1ccc(F)cc1C(=O)N1CCCC[C@H]2CNCC[C@H]21. The van der Waals surface area contributed by atoms with E-state index < -0.39 is 5.82 Å². The molecule has 2 atom stereocenters. The number of fused-ring (bicyclic) bond motifs is 1. The maximum atomic E-state index is 13.6. The number of benzene rings is 1. The quantitative estimate of drug-likeness (QED) is 0.912. The molecule has 0 aromatic heterocycles. The van der Waals surface area contributed by atoms with Crippen LogP contribution in [0.1, 0.15) is 36.0 Å². The van der Waals surface area contributed by atoms with E-state index in [1.807, 2.05) is 4.90 Å². The summed E-state index contributed by atoms with van der Waals surface area (Å²) in [6, 6.07) is 4.40. The van der Waals surface area contributed by atoms with E-state index in [-0.39, 0.29) is 11.9 Å². The van der Waals surface area contributed by atoms with Gasteiger partial charge in [0.25, 0.3) is 5.91 Å². The zero-order valence-corrected chi connectivity index (χ0v) is 13.0. The van der Waals surface area contributed by atoms with E-state index in [9.17, 15) is 9.18 Å². The summed E-state index contributed by atoms with van der Waals surface area (Å²) in [7, 11) is 1.51. The van der Waals surface area contributed by atoms with E-state index >= 15 is 0 Å². The van der Waals surface area contributed by atoms with Crippen molar-refractivity contribution < 1.29 is 13.9 Å². The molecule has 4 nitrogen and oxygen atoms in total. The standard InChI is InChI=1S/C17H23FN2O2/c1-22-16-6-5-13(18)10-14(16)17(21)20-9-3-2-4-12-11-19-8-7-15(12)20/h5-6,10,12,15,19H,2-4,7-9,11H2,1H3/t12-,15+/m0/s1. The molecular formula is C17H23FN2O2. The van der Waals surface area contributed by atoms with E-state index in [4.69, 9.17) is 4.74 Å². The zero-order valence-electron chi connectivity index (χ0n) is 13.0. The van der Waals surface area contributed by atoms with Gasteiger partial charge in [0.2, 0.25) is 0 Å². The number of ether oxygens (including phenoxy) is 1. The maximum absolute atomic E-state index is 13.6. The first-order chi connectivity index (χ1) is 10.7. The molecule has 1 N–H and O–H groups in total. The van der Waals surface area contributed by atoms with E-state index in [1.54, 1.807) is 0 Å². The molecule has 0 saturated carbocycles. The molecule has 1 aromatic carbocycles. The summed E-state index contributed by atoms with van der Waals surface area (Å²) in [5.41, 5.74) is 0.335. The minimum absolute atomic E-state index is 0.102. The first-order valence-corrected chi connectivity index (χ1v) is 8.06. The Labute approximate surface area is 130 Å². The minimum atomic E-state index is -0.402. The molecule has 1 amide bonds. The van der Waals surface area contributed by atoms with Crippen molar-refractivity contribution in [3.05, 3.63) is 29.6 Å². The van der Waals surface area contributed by atoms with E-state index in [0.717, 1.165) is 45.3 Å². The van der Waals surface area contributed by atoms with Gasteiger partial charge in [-0.2, -0.15) is 0 Å². The molecule has 5 heteroatoms. The molecule has 0 bridgehead atoms. The number of likely N-dealkylation sites (tertiary alicyclic amines) is 1. The summed E-state index contributed by atoms with van der Waals surface area (Å²) in [4.78, 5) is 15.0. The van der Waals surface area contributed by atoms with Crippen molar-refractivity contribution in [2.75, 3.05) is 26.7 Å². The Bertz CT molecular complexity index is 549. The Kier molecular flexibility index (Phi) is 4.62. The topological polar surface area (TPSA) is 41.6 Å². The van der Waals surface area contributed by atoms with Crippen LogP contribution in [0.2, 0.25) is 0 Å². The van der Waals surface area contributed by atoms with Crippen molar-refractivity contribution in [1.82, 2.24) is 10.2 Å². The minimum Gasteiger partial charge on any atom is -0.496 e. The summed E-state index contributed by atoms with van der Waals surface area (Å²) in [6.45, 7) is 2.65. The van der Waals surface area contributed by atoms with Crippen molar-refractivity contribution in [2.45, 2.75) is 31.7 Å². The van der Waals surface area contributed by atoms with Crippen LogP contribution < -0.4 is 10.1 Å². The highest BCUT2D eigenvalue weighted by molar-refractivity contribution is 5.97. The summed E-state index contributed by atoms with van der Waals surface area (Å²) in [6.07, 6.45) is 4.28. The van der Waals surface area contributed by atoms with Gasteiger partial charge in [0.15, 0.2) is 0 Å². The molecular weight excluding hydrogens is 283 g/mol. The highest BCUT2D eigenvalue weighted by Crippen LogP contribution is 2.30. The second-order valence-corrected chi connectivity index (χ2v) is 6.16. The molecule has 2 fully saturated rings. The lowest BCUT2D eigenvalue weighted by molar-refractivity contribution is 0.0583. The Hall–Kier alpha value is -1.62. The summed E-state index contributed by atoms with van der Waals surface area (Å²) >= 11 is 0. The van der Waals surface area contributed by atoms with Crippen LogP contribution in [-0.4, -0.2) is 43.6 Å². The Morgan fingerprint density at radius 1 is 1.36 bits per heavy atom. The monoisotopic (exact) mass is 306 g/mol. The third-order valence-corrected chi connectivity index (χ3v) is 4.84. The number of methoxy groups -OCH3 is 1. The third kappa shape index (κ3) is 2.95. The van der Waals surface area contributed by atoms with Crippen LogP contribution in [-0.2, 0) is 0 Å². The van der Waals surface area contributed by atoms with Crippen LogP contribution in [0.25, 0.3) is 0 Å². The number of nitrogens with one attached hydrogen (secondary N) is 1. The van der Waals surface area contributed by atoms with Gasteiger partial charge < -0.3 is 15.0 Å². The highest BCUT2D eigenvalue weighted by atomic mass is 19.1. The summed E-state index contributed by atoms with van der Waals surface area (Å²) in [5.74, 6) is 0.442. The third-order valence-electron chi connectivity index (χ3n) is 4.84. The molecule has 0 spiro atoms. The Morgan fingerprint density at radius 2 is 2.23 bits per heavy atom. The van der Waals surface area contributed by atoms with Gasteiger partial charge in [-0.3, -0.25) is 4.79 Å². The molecule has 2 heterocycles. The van der Waals surface area contributed by atoms with Gasteiger partial charge in [0.1, 0.15) is 11.6 Å². The number of nitrogens with zero attached hydrogens (tertiary/aromatic N) is 1. The van der Waals surface area contributed by atoms with Crippen molar-refractivity contribution in [2.24, 2.45) is 5.92 Å². The number of carbonyl (C=O) groups is 1. The van der Waals surface area contributed by atoms with Crippen LogP contribution >= 0.6 is 0 Å². The predicted molar refractivity (Wildman–Crippen MR) is 82.6 cm³/mol. The number of amides is 1. The van der Waals surface area contributed by atoms with Gasteiger partial charge in [-0.1, -0.05) is 6.42 Å². The first kappa shape index (κ1) is 15.3. The van der Waals surface area contributed by atoms with Gasteiger partial charge in [0.05, 0.1) is 12.7 Å². The Balaban J connectivity index is 1.90. The molecule has 1 aromatic rings. The lowest BCUT2D eigenvalue weighted by Crippen LogP contribution is -2.51. The molecule has 0 radical (unpaired) electrons. The molecule has 2 aliphatic heterocycles. The van der Waals surface area contributed by atoms with Crippen LogP contribution in [0, 0.1) is 11.7 Å². The molecule has 22 heavy (non-hydrogen) atoms. The number of halogens is 1. The number of piperidine rings is 1. The second kappa shape index (κ2) is 6.65. The van der Waals surface area contributed by atoms with Crippen LogP contribution in [0.4, 0.5) is 4.39 Å². The molecule has 0 aliphatic carbocycles. The molecule has 2 aliphatic rings. The summed E-state index contributed by atoms with van der Waals surface area (Å²) < 4.78 is 18.8. The fourth-order valence-electron chi connectivity index (χ4n) is 3.72. The molecule has 120 valence electrons. The van der Waals surface area contributed by atoms with E-state index in [1.165, 1.54) is 25.3 Å². The predicted octanol–water partition coefficient (Wildman–Crippen LogP) is 2.44. The fourth-order valence-corrected chi connectivity index (χ4v) is 3.72. The largest absolute Gasteiger partial charge is 0.496 e. The first-order valence-electron chi connectivity index (χ1n) is 8.06. The van der Waals surface area contributed by atoms with Crippen LogP contribution in [0.3, 0.4) is 0 Å². The van der Waals surface area contributed by atoms with Gasteiger partial charge in [-0.05, 0) is 56.5 Å². The molecule has 2 saturated heterocycles. The van der Waals surface area contributed by atoms with E-state index in [0.29, 0.717) is 17.2 Å². The molecule has 0 unspecified atom stereocenters. The summed E-state index contributed by atoms with van der Waals surface area (Å²) in [5, 5.41) is 3.42. The van der Waals surface area contributed by atoms with Gasteiger partial charge in [-0.15, -0.1) is 0 Å². The number of hydrogen-bond donors (Lipinski definition) is 1. The van der Waals surface area contributed by atoms with E-state index in [2.05, 4.69) is 5.32 Å². The van der Waals surface area contributed by atoms with Crippen molar-refractivity contribution in [3.63, 3.8) is 0 Å². The number of carbonyl (C=O) groups excluding carboxylic acids is 1. The Morgan fingerprint density at radius 3 is 3.05 bits per heavy atom. The zero-order chi connectivity index (χ0) is 15.5. The second-order valence-electron chi connectivity index (χ2n) is 6.16. The van der Waals surface area contributed by atoms with Gasteiger partial charge >= 0.3 is 0 Å². The fraction of sp³-hybridized carbons (Fsp3) is 0.588. The van der Waals surface area contributed by atoms with Crippen molar-refractivity contribution in [3.8, 4) is 5.75 Å². The van der Waals surface area contributed by atoms with Crippen molar-refractivity contribution >= 4 is 5.91 Å². The lowest BCUT2D eigenvalue weighted by atomic mass is 9.89. The normalized spacial score (nSPS) is 25.3. The number of rotatable bonds is 2. The average Bonchev–Trinajstić information content (AvgIpc) is 2.76. The highest BCUT2D eigenvalue weighted by Gasteiger charge is 2.35. The maximum Gasteiger partial charge on any atom is 0.257 e. The lowest BCUT2D eigenvalue weighted by Gasteiger charge is -2.38. The van der Waals surface area contributed by atoms with Gasteiger partial charge in [-0.25, -0.2) is 4.39 Å². The average molecular weight is 306 g/mol. The molecule has 3 rings (SSSR count). The van der Waals surface area contributed by atoms with Crippen molar-refractivity contribution in [1.29, 1.82) is 0 Å². The number of hydrogen-bond acceptors (Lipinski definition) is 3. The smallest absolute Gasteiger partial charge is 0.257 e.